The second kappa shape index (κ2) is 12.3. The Bertz CT molecular complexity index is 1310. The van der Waals surface area contributed by atoms with E-state index in [1.165, 1.54) is 0 Å². The highest BCUT2D eigenvalue weighted by atomic mass is 16.5. The molecular formula is C32H36N4O4. The molecule has 2 aliphatic heterocycles. The van der Waals surface area contributed by atoms with Crippen LogP contribution in [0.15, 0.2) is 84.9 Å². The number of para-hydroxylation sites is 1. The zero-order valence-electron chi connectivity index (χ0n) is 22.9. The number of hydrogen-bond acceptors (Lipinski definition) is 5. The summed E-state index contributed by atoms with van der Waals surface area (Å²) in [6, 6.07) is 27.6. The average molecular weight is 541 g/mol. The first-order chi connectivity index (χ1) is 19.5. The number of carbonyl (C=O) groups is 3. The van der Waals surface area contributed by atoms with Crippen LogP contribution in [0, 0.1) is 0 Å². The standard InChI is InChI=1S/C32H36N4O4/c1-40-22-8-19-33-29(37)23-35-24-36(28-11-6-3-7-12-28)32(31(35)39)17-20-34(21-18-32)30(38)27-15-13-26(14-16-27)25-9-4-2-5-10-25/h2-7,9-16H,8,17-24H2,1H3,(H,33,37). The Kier molecular flexibility index (Phi) is 8.45. The van der Waals surface area contributed by atoms with Crippen molar-refractivity contribution in [3.63, 3.8) is 0 Å². The molecule has 0 saturated carbocycles. The van der Waals surface area contributed by atoms with Gasteiger partial charge in [0.15, 0.2) is 0 Å². The van der Waals surface area contributed by atoms with Crippen molar-refractivity contribution >= 4 is 23.4 Å². The first-order valence-electron chi connectivity index (χ1n) is 13.8. The van der Waals surface area contributed by atoms with Gasteiger partial charge >= 0.3 is 0 Å². The van der Waals surface area contributed by atoms with Crippen LogP contribution in [0.1, 0.15) is 29.6 Å². The average Bonchev–Trinajstić information content (AvgIpc) is 3.26. The summed E-state index contributed by atoms with van der Waals surface area (Å²) in [4.78, 5) is 45.5. The number of nitrogens with one attached hydrogen (secondary N) is 1. The minimum atomic E-state index is -0.786. The molecule has 2 aliphatic rings. The van der Waals surface area contributed by atoms with Crippen LogP contribution in [-0.2, 0) is 14.3 Å². The maximum atomic E-state index is 13.9. The molecule has 0 bridgehead atoms. The van der Waals surface area contributed by atoms with Crippen molar-refractivity contribution in [3.05, 3.63) is 90.5 Å². The lowest BCUT2D eigenvalue weighted by atomic mass is 9.85. The van der Waals surface area contributed by atoms with Gasteiger partial charge in [0, 0.05) is 44.6 Å². The Balaban J connectivity index is 1.28. The highest BCUT2D eigenvalue weighted by Gasteiger charge is 2.54. The van der Waals surface area contributed by atoms with E-state index in [1.54, 1.807) is 12.0 Å². The molecule has 8 heteroatoms. The highest BCUT2D eigenvalue weighted by molar-refractivity contribution is 5.98. The molecule has 1 spiro atoms. The SMILES string of the molecule is COCCCNC(=O)CN1CN(c2ccccc2)C2(CCN(C(=O)c3ccc(-c4ccccc4)cc3)CC2)C1=O. The summed E-state index contributed by atoms with van der Waals surface area (Å²) in [5.41, 5.74) is 2.96. The van der Waals surface area contributed by atoms with Gasteiger partial charge < -0.3 is 24.8 Å². The molecule has 0 aliphatic carbocycles. The molecule has 8 nitrogen and oxygen atoms in total. The molecule has 0 atom stereocenters. The second-order valence-corrected chi connectivity index (χ2v) is 10.4. The molecule has 0 aromatic heterocycles. The number of likely N-dealkylation sites (tertiary alicyclic amines) is 1. The first-order valence-corrected chi connectivity index (χ1v) is 13.8. The van der Waals surface area contributed by atoms with Crippen molar-refractivity contribution in [2.45, 2.75) is 24.8 Å². The lowest BCUT2D eigenvalue weighted by molar-refractivity contribution is -0.137. The predicted molar refractivity (Wildman–Crippen MR) is 155 cm³/mol. The van der Waals surface area contributed by atoms with E-state index >= 15 is 0 Å². The Morgan fingerprint density at radius 3 is 2.15 bits per heavy atom. The maximum absolute atomic E-state index is 13.9. The molecular weight excluding hydrogens is 504 g/mol. The van der Waals surface area contributed by atoms with E-state index in [2.05, 4.69) is 10.2 Å². The number of nitrogens with zero attached hydrogens (tertiary/aromatic N) is 3. The highest BCUT2D eigenvalue weighted by Crippen LogP contribution is 2.39. The summed E-state index contributed by atoms with van der Waals surface area (Å²) >= 11 is 0. The number of methoxy groups -OCH3 is 1. The van der Waals surface area contributed by atoms with Crippen LogP contribution in [0.4, 0.5) is 5.69 Å². The number of rotatable bonds is 9. The summed E-state index contributed by atoms with van der Waals surface area (Å²) < 4.78 is 5.04. The summed E-state index contributed by atoms with van der Waals surface area (Å²) in [6.45, 7) is 2.35. The van der Waals surface area contributed by atoms with Crippen LogP contribution < -0.4 is 10.2 Å². The normalized spacial score (nSPS) is 16.4. The van der Waals surface area contributed by atoms with Crippen LogP contribution in [0.25, 0.3) is 11.1 Å². The van der Waals surface area contributed by atoms with Gasteiger partial charge in [0.1, 0.15) is 12.1 Å². The van der Waals surface area contributed by atoms with Gasteiger partial charge in [-0.15, -0.1) is 0 Å². The summed E-state index contributed by atoms with van der Waals surface area (Å²) in [5, 5.41) is 2.88. The molecule has 2 heterocycles. The van der Waals surface area contributed by atoms with Gasteiger partial charge in [-0.3, -0.25) is 14.4 Å². The number of piperidine rings is 1. The molecule has 5 rings (SSSR count). The number of benzene rings is 3. The predicted octanol–water partition coefficient (Wildman–Crippen LogP) is 3.79. The first kappa shape index (κ1) is 27.4. The van der Waals surface area contributed by atoms with Gasteiger partial charge in [-0.1, -0.05) is 60.7 Å². The lowest BCUT2D eigenvalue weighted by Crippen LogP contribution is -2.57. The van der Waals surface area contributed by atoms with Crippen LogP contribution in [0.5, 0.6) is 0 Å². The topological polar surface area (TPSA) is 82.2 Å². The van der Waals surface area contributed by atoms with Gasteiger partial charge in [-0.05, 0) is 54.7 Å². The number of hydrogen-bond donors (Lipinski definition) is 1. The zero-order chi connectivity index (χ0) is 28.0. The summed E-state index contributed by atoms with van der Waals surface area (Å²) in [5.74, 6) is -0.262. The quantitative estimate of drug-likeness (QED) is 0.418. The molecule has 3 amide bonds. The van der Waals surface area contributed by atoms with Gasteiger partial charge in [-0.25, -0.2) is 0 Å². The van der Waals surface area contributed by atoms with Crippen molar-refractivity contribution in [2.24, 2.45) is 0 Å². The van der Waals surface area contributed by atoms with Crippen LogP contribution in [0.3, 0.4) is 0 Å². The minimum absolute atomic E-state index is 0.00725. The van der Waals surface area contributed by atoms with E-state index in [9.17, 15) is 14.4 Å². The molecule has 1 N–H and O–H groups in total. The summed E-state index contributed by atoms with van der Waals surface area (Å²) in [7, 11) is 1.63. The molecule has 3 aromatic rings. The third kappa shape index (κ3) is 5.72. The van der Waals surface area contributed by atoms with Crippen LogP contribution in [0.2, 0.25) is 0 Å². The fraction of sp³-hybridized carbons (Fsp3) is 0.344. The molecule has 0 radical (unpaired) electrons. The number of carbonyl (C=O) groups excluding carboxylic acids is 3. The number of anilines is 1. The second-order valence-electron chi connectivity index (χ2n) is 10.4. The van der Waals surface area contributed by atoms with E-state index in [0.717, 1.165) is 23.2 Å². The van der Waals surface area contributed by atoms with Crippen molar-refractivity contribution < 1.29 is 19.1 Å². The van der Waals surface area contributed by atoms with E-state index in [-0.39, 0.29) is 24.3 Å². The van der Waals surface area contributed by atoms with Crippen molar-refractivity contribution in [1.29, 1.82) is 0 Å². The van der Waals surface area contributed by atoms with Crippen molar-refractivity contribution in [2.75, 3.05) is 51.5 Å². The Labute approximate surface area is 235 Å². The van der Waals surface area contributed by atoms with Gasteiger partial charge in [0.2, 0.25) is 5.91 Å². The van der Waals surface area contributed by atoms with Gasteiger partial charge in [0.05, 0.1) is 6.67 Å². The fourth-order valence-electron chi connectivity index (χ4n) is 5.69. The van der Waals surface area contributed by atoms with E-state index < -0.39 is 5.54 Å². The Hall–Kier alpha value is -4.17. The minimum Gasteiger partial charge on any atom is -0.385 e. The van der Waals surface area contributed by atoms with E-state index in [1.807, 2.05) is 89.8 Å². The van der Waals surface area contributed by atoms with Crippen LogP contribution >= 0.6 is 0 Å². The lowest BCUT2D eigenvalue weighted by Gasteiger charge is -2.43. The molecule has 0 unspecified atom stereocenters. The molecule has 40 heavy (non-hydrogen) atoms. The molecule has 2 fully saturated rings. The Morgan fingerprint density at radius 2 is 1.50 bits per heavy atom. The van der Waals surface area contributed by atoms with Gasteiger partial charge in [0.25, 0.3) is 11.8 Å². The third-order valence-electron chi connectivity index (χ3n) is 7.88. The van der Waals surface area contributed by atoms with E-state index in [4.69, 9.17) is 4.74 Å². The Morgan fingerprint density at radius 1 is 0.875 bits per heavy atom. The van der Waals surface area contributed by atoms with Gasteiger partial charge in [-0.2, -0.15) is 0 Å². The zero-order valence-corrected chi connectivity index (χ0v) is 22.9. The van der Waals surface area contributed by atoms with E-state index in [0.29, 0.717) is 51.3 Å². The molecule has 2 saturated heterocycles. The fourth-order valence-corrected chi connectivity index (χ4v) is 5.69. The molecule has 3 aromatic carbocycles. The summed E-state index contributed by atoms with van der Waals surface area (Å²) in [6.07, 6.45) is 1.72. The monoisotopic (exact) mass is 540 g/mol. The largest absolute Gasteiger partial charge is 0.385 e. The van der Waals surface area contributed by atoms with Crippen molar-refractivity contribution in [3.8, 4) is 11.1 Å². The third-order valence-corrected chi connectivity index (χ3v) is 7.88. The maximum Gasteiger partial charge on any atom is 0.253 e. The van der Waals surface area contributed by atoms with Crippen LogP contribution in [-0.4, -0.2) is 79.6 Å². The smallest absolute Gasteiger partial charge is 0.253 e. The number of ether oxygens (including phenoxy) is 1. The number of amides is 3. The molecule has 208 valence electrons. The van der Waals surface area contributed by atoms with Crippen molar-refractivity contribution in [1.82, 2.24) is 15.1 Å².